The van der Waals surface area contributed by atoms with E-state index in [4.69, 9.17) is 22.1 Å². The van der Waals surface area contributed by atoms with Crippen LogP contribution in [0.15, 0.2) is 0 Å². The van der Waals surface area contributed by atoms with Gasteiger partial charge in [-0.25, -0.2) is 9.59 Å². The second-order valence-corrected chi connectivity index (χ2v) is 6.55. The highest BCUT2D eigenvalue weighted by Crippen LogP contribution is 2.17. The molecule has 0 bridgehead atoms. The predicted octanol–water partition coefficient (Wildman–Crippen LogP) is 1.92. The number of piperidine rings is 1. The second-order valence-electron chi connectivity index (χ2n) is 6.15. The number of alkyl carbamates (subject to hydrolysis) is 1. The fourth-order valence-corrected chi connectivity index (χ4v) is 2.46. The van der Waals surface area contributed by atoms with Gasteiger partial charge in [-0.05, 0) is 52.8 Å². The zero-order chi connectivity index (χ0) is 16.2. The van der Waals surface area contributed by atoms with E-state index < -0.39 is 17.8 Å². The highest BCUT2D eigenvalue weighted by molar-refractivity contribution is 7.80. The Morgan fingerprint density at radius 3 is 2.48 bits per heavy atom. The molecule has 1 aliphatic heterocycles. The normalized spacial score (nSPS) is 22.4. The number of likely N-dealkylation sites (tertiary alicyclic amines) is 1. The first-order valence-electron chi connectivity index (χ1n) is 6.88. The third kappa shape index (κ3) is 6.16. The topological polar surface area (TPSA) is 90.9 Å². The number of rotatable bonds is 1. The van der Waals surface area contributed by atoms with E-state index in [9.17, 15) is 9.59 Å². The van der Waals surface area contributed by atoms with Crippen molar-refractivity contribution >= 4 is 29.5 Å². The van der Waals surface area contributed by atoms with Gasteiger partial charge in [-0.3, -0.25) is 5.32 Å². The zero-order valence-electron chi connectivity index (χ0n) is 12.8. The Labute approximate surface area is 130 Å². The minimum absolute atomic E-state index is 0.0398. The first-order valence-corrected chi connectivity index (χ1v) is 7.29. The average molecular weight is 317 g/mol. The van der Waals surface area contributed by atoms with Crippen molar-refractivity contribution in [3.63, 3.8) is 0 Å². The number of nitrogens with one attached hydrogen (secondary N) is 2. The Hall–Kier alpha value is -1.57. The minimum Gasteiger partial charge on any atom is -0.465 e. The fourth-order valence-electron chi connectivity index (χ4n) is 2.21. The van der Waals surface area contributed by atoms with Crippen LogP contribution in [0.25, 0.3) is 0 Å². The maximum absolute atomic E-state index is 11.6. The molecule has 1 fully saturated rings. The number of carbonyl (C=O) groups excluding carboxylic acids is 1. The fraction of sp³-hybridized carbons (Fsp3) is 0.769. The van der Waals surface area contributed by atoms with Crippen molar-refractivity contribution in [2.45, 2.75) is 58.2 Å². The molecular weight excluding hydrogens is 294 g/mol. The molecular formula is C13H23N3O4S. The van der Waals surface area contributed by atoms with Gasteiger partial charge in [0.15, 0.2) is 5.11 Å². The maximum Gasteiger partial charge on any atom is 0.413 e. The molecule has 0 aromatic carbocycles. The molecule has 7 nitrogen and oxygen atoms in total. The van der Waals surface area contributed by atoms with Gasteiger partial charge >= 0.3 is 12.2 Å². The molecule has 8 heteroatoms. The van der Waals surface area contributed by atoms with Gasteiger partial charge in [-0.1, -0.05) is 0 Å². The summed E-state index contributed by atoms with van der Waals surface area (Å²) in [4.78, 5) is 24.0. The molecule has 1 rings (SSSR count). The van der Waals surface area contributed by atoms with Crippen LogP contribution in [-0.2, 0) is 4.74 Å². The van der Waals surface area contributed by atoms with Crippen LogP contribution in [-0.4, -0.2) is 51.5 Å². The summed E-state index contributed by atoms with van der Waals surface area (Å²) >= 11 is 5.07. The lowest BCUT2D eigenvalue weighted by molar-refractivity contribution is 0.0562. The smallest absolute Gasteiger partial charge is 0.413 e. The van der Waals surface area contributed by atoms with Crippen LogP contribution in [0.5, 0.6) is 0 Å². The van der Waals surface area contributed by atoms with Crippen molar-refractivity contribution in [3.05, 3.63) is 0 Å². The molecule has 1 saturated heterocycles. The zero-order valence-corrected chi connectivity index (χ0v) is 13.6. The molecule has 0 aromatic rings. The summed E-state index contributed by atoms with van der Waals surface area (Å²) in [6.45, 7) is 7.61. The van der Waals surface area contributed by atoms with Crippen LogP contribution >= 0.6 is 12.2 Å². The van der Waals surface area contributed by atoms with Crippen LogP contribution in [0, 0.1) is 0 Å². The molecule has 1 heterocycles. The Bertz CT molecular complexity index is 422. The molecule has 120 valence electrons. The minimum atomic E-state index is -0.907. The van der Waals surface area contributed by atoms with Crippen molar-refractivity contribution < 1.29 is 19.4 Å². The van der Waals surface area contributed by atoms with E-state index in [1.807, 2.05) is 6.92 Å². The third-order valence-electron chi connectivity index (χ3n) is 3.07. The molecule has 2 atom stereocenters. The van der Waals surface area contributed by atoms with E-state index in [1.165, 1.54) is 4.90 Å². The summed E-state index contributed by atoms with van der Waals surface area (Å²) < 4.78 is 5.10. The summed E-state index contributed by atoms with van der Waals surface area (Å²) in [6.07, 6.45) is -0.221. The molecule has 0 aliphatic carbocycles. The molecule has 0 saturated carbocycles. The van der Waals surface area contributed by atoms with Gasteiger partial charge in [0.2, 0.25) is 0 Å². The van der Waals surface area contributed by atoms with Crippen molar-refractivity contribution in [3.8, 4) is 0 Å². The summed E-state index contributed by atoms with van der Waals surface area (Å²) in [5.41, 5.74) is -0.582. The van der Waals surface area contributed by atoms with Crippen molar-refractivity contribution in [2.75, 3.05) is 6.54 Å². The number of carboxylic acid groups (broad SMARTS) is 1. The largest absolute Gasteiger partial charge is 0.465 e. The highest BCUT2D eigenvalue weighted by Gasteiger charge is 2.29. The number of hydrogen-bond acceptors (Lipinski definition) is 4. The summed E-state index contributed by atoms with van der Waals surface area (Å²) in [7, 11) is 0. The number of hydrogen-bond donors (Lipinski definition) is 3. The number of ether oxygens (including phenoxy) is 1. The molecule has 0 aromatic heterocycles. The van der Waals surface area contributed by atoms with Gasteiger partial charge in [0.05, 0.1) is 0 Å². The van der Waals surface area contributed by atoms with Crippen molar-refractivity contribution in [1.82, 2.24) is 15.5 Å². The van der Waals surface area contributed by atoms with Gasteiger partial charge in [0.25, 0.3) is 0 Å². The van der Waals surface area contributed by atoms with E-state index in [0.29, 0.717) is 19.4 Å². The lowest BCUT2D eigenvalue weighted by atomic mass is 9.99. The van der Waals surface area contributed by atoms with Crippen molar-refractivity contribution in [2.24, 2.45) is 0 Å². The van der Waals surface area contributed by atoms with E-state index >= 15 is 0 Å². The van der Waals surface area contributed by atoms with E-state index in [-0.39, 0.29) is 17.2 Å². The van der Waals surface area contributed by atoms with Crippen LogP contribution in [0.2, 0.25) is 0 Å². The Morgan fingerprint density at radius 1 is 1.38 bits per heavy atom. The lowest BCUT2D eigenvalue weighted by Gasteiger charge is -2.36. The van der Waals surface area contributed by atoms with Gasteiger partial charge in [0.1, 0.15) is 5.60 Å². The van der Waals surface area contributed by atoms with Gasteiger partial charge in [-0.2, -0.15) is 0 Å². The summed E-state index contributed by atoms with van der Waals surface area (Å²) in [5, 5.41) is 14.7. The van der Waals surface area contributed by atoms with E-state index in [2.05, 4.69) is 10.6 Å². The lowest BCUT2D eigenvalue weighted by Crippen LogP contribution is -2.53. The van der Waals surface area contributed by atoms with Crippen LogP contribution in [0.4, 0.5) is 9.59 Å². The van der Waals surface area contributed by atoms with Crippen LogP contribution in [0.1, 0.15) is 40.5 Å². The Kier molecular flexibility index (Phi) is 5.77. The van der Waals surface area contributed by atoms with Crippen LogP contribution < -0.4 is 10.6 Å². The van der Waals surface area contributed by atoms with Gasteiger partial charge in [-0.15, -0.1) is 0 Å². The third-order valence-corrected chi connectivity index (χ3v) is 3.29. The van der Waals surface area contributed by atoms with Gasteiger partial charge in [0, 0.05) is 18.6 Å². The first kappa shape index (κ1) is 17.5. The molecule has 2 amide bonds. The molecule has 21 heavy (non-hydrogen) atoms. The van der Waals surface area contributed by atoms with E-state index in [0.717, 1.165) is 0 Å². The molecule has 0 spiro atoms. The van der Waals surface area contributed by atoms with E-state index in [1.54, 1.807) is 20.8 Å². The average Bonchev–Trinajstić information content (AvgIpc) is 2.24. The second kappa shape index (κ2) is 6.93. The number of amides is 2. The Morgan fingerprint density at radius 2 is 2.00 bits per heavy atom. The summed E-state index contributed by atoms with van der Waals surface area (Å²) in [5.74, 6) is 0. The monoisotopic (exact) mass is 317 g/mol. The Balaban J connectivity index is 2.39. The maximum atomic E-state index is 11.6. The molecule has 0 unspecified atom stereocenters. The van der Waals surface area contributed by atoms with Crippen LogP contribution in [0.3, 0.4) is 0 Å². The predicted molar refractivity (Wildman–Crippen MR) is 82.3 cm³/mol. The quantitative estimate of drug-likeness (QED) is 0.640. The molecule has 1 aliphatic rings. The molecule has 0 radical (unpaired) electrons. The standard InChI is InChI=1S/C13H23N3O4S/c1-8-7-9(5-6-16(8)12(18)19)14-10(21)15-11(17)20-13(2,3)4/h8-9H,5-7H2,1-4H3,(H,18,19)(H2,14,15,17,21)/t8-,9-/m0/s1. The summed E-state index contributed by atoms with van der Waals surface area (Å²) in [6, 6.07) is -0.0453. The SMILES string of the molecule is C[C@H]1C[C@@H](NC(=S)NC(=O)OC(C)(C)C)CCN1C(=O)O. The molecule has 3 N–H and O–H groups in total. The van der Waals surface area contributed by atoms with Gasteiger partial charge < -0.3 is 20.1 Å². The first-order chi connectivity index (χ1) is 9.58. The number of thiocarbonyl (C=S) groups is 1. The highest BCUT2D eigenvalue weighted by atomic mass is 32.1. The number of nitrogens with zero attached hydrogens (tertiary/aromatic N) is 1. The number of carbonyl (C=O) groups is 2. The van der Waals surface area contributed by atoms with Crippen molar-refractivity contribution in [1.29, 1.82) is 0 Å².